The Kier molecular flexibility index (Phi) is 5.83. The first kappa shape index (κ1) is 18.6. The summed E-state index contributed by atoms with van der Waals surface area (Å²) >= 11 is 5.75. The number of ether oxygens (including phenoxy) is 1. The Morgan fingerprint density at radius 1 is 1.15 bits per heavy atom. The van der Waals surface area contributed by atoms with Crippen molar-refractivity contribution in [3.63, 3.8) is 0 Å². The molecule has 6 nitrogen and oxygen atoms in total. The van der Waals surface area contributed by atoms with Crippen LogP contribution in [0.15, 0.2) is 54.7 Å². The number of nitrogens with one attached hydrogen (secondary N) is 2. The molecular formula is C19H16ClFN4O2. The molecule has 0 unspecified atom stereocenters. The maximum absolute atomic E-state index is 13.2. The van der Waals surface area contributed by atoms with Gasteiger partial charge in [0.15, 0.2) is 0 Å². The van der Waals surface area contributed by atoms with Gasteiger partial charge in [-0.15, -0.1) is 0 Å². The van der Waals surface area contributed by atoms with Crippen molar-refractivity contribution in [1.29, 1.82) is 0 Å². The van der Waals surface area contributed by atoms with Crippen molar-refractivity contribution in [3.05, 3.63) is 71.3 Å². The average Bonchev–Trinajstić information content (AvgIpc) is 2.67. The van der Waals surface area contributed by atoms with Gasteiger partial charge in [0.05, 0.1) is 11.6 Å². The summed E-state index contributed by atoms with van der Waals surface area (Å²) in [4.78, 5) is 20.6. The highest BCUT2D eigenvalue weighted by Gasteiger charge is 2.10. The number of carbonyl (C=O) groups excluding carboxylic acids is 1. The number of nitrogens with zero attached hydrogens (tertiary/aromatic N) is 2. The van der Waals surface area contributed by atoms with Crippen LogP contribution in [0.5, 0.6) is 5.75 Å². The molecule has 138 valence electrons. The number of carbonyl (C=O) groups is 1. The van der Waals surface area contributed by atoms with Crippen LogP contribution in [0.3, 0.4) is 0 Å². The molecule has 0 aliphatic carbocycles. The van der Waals surface area contributed by atoms with Gasteiger partial charge in [-0.3, -0.25) is 4.79 Å². The number of halogens is 2. The van der Waals surface area contributed by atoms with E-state index in [9.17, 15) is 9.18 Å². The molecule has 0 aliphatic heterocycles. The van der Waals surface area contributed by atoms with Crippen molar-refractivity contribution in [2.45, 2.75) is 6.92 Å². The van der Waals surface area contributed by atoms with Gasteiger partial charge in [-0.1, -0.05) is 11.6 Å². The highest BCUT2D eigenvalue weighted by molar-refractivity contribution is 6.31. The second kappa shape index (κ2) is 8.46. The van der Waals surface area contributed by atoms with Crippen LogP contribution in [0.4, 0.5) is 21.7 Å². The van der Waals surface area contributed by atoms with Crippen LogP contribution in [0.2, 0.25) is 5.02 Å². The molecule has 1 aromatic heterocycles. The monoisotopic (exact) mass is 386 g/mol. The van der Waals surface area contributed by atoms with E-state index in [1.165, 1.54) is 30.5 Å². The molecule has 0 aliphatic rings. The molecule has 0 bridgehead atoms. The number of rotatable bonds is 6. The van der Waals surface area contributed by atoms with Gasteiger partial charge in [-0.2, -0.15) is 0 Å². The zero-order valence-corrected chi connectivity index (χ0v) is 15.1. The molecule has 2 aromatic carbocycles. The molecule has 3 aromatic rings. The first-order valence-corrected chi connectivity index (χ1v) is 8.52. The van der Waals surface area contributed by atoms with Crippen molar-refractivity contribution in [2.75, 3.05) is 17.2 Å². The molecule has 1 amide bonds. The van der Waals surface area contributed by atoms with Crippen molar-refractivity contribution in [2.24, 2.45) is 0 Å². The van der Waals surface area contributed by atoms with E-state index in [2.05, 4.69) is 20.6 Å². The molecule has 3 rings (SSSR count). The standard InChI is InChI=1S/C19H16ClFN4O2/c1-2-27-14-6-3-12(4-7-14)23-18(26)17-9-10-22-19(25-17)24-13-5-8-16(21)15(20)11-13/h3-11H,2H2,1H3,(H,23,26)(H,22,24,25). The molecule has 0 saturated heterocycles. The molecule has 1 heterocycles. The molecule has 0 fully saturated rings. The first-order valence-electron chi connectivity index (χ1n) is 8.14. The topological polar surface area (TPSA) is 76.1 Å². The lowest BCUT2D eigenvalue weighted by atomic mass is 10.3. The van der Waals surface area contributed by atoms with Crippen LogP contribution >= 0.6 is 11.6 Å². The maximum Gasteiger partial charge on any atom is 0.274 e. The third-order valence-electron chi connectivity index (χ3n) is 3.49. The van der Waals surface area contributed by atoms with E-state index in [-0.39, 0.29) is 22.6 Å². The van der Waals surface area contributed by atoms with Crippen LogP contribution in [-0.4, -0.2) is 22.5 Å². The van der Waals surface area contributed by atoms with E-state index >= 15 is 0 Å². The summed E-state index contributed by atoms with van der Waals surface area (Å²) in [6, 6.07) is 12.6. The quantitative estimate of drug-likeness (QED) is 0.644. The summed E-state index contributed by atoms with van der Waals surface area (Å²) in [5.41, 5.74) is 1.29. The summed E-state index contributed by atoms with van der Waals surface area (Å²) in [5.74, 6) is 0.00682. The average molecular weight is 387 g/mol. The largest absolute Gasteiger partial charge is 0.494 e. The number of amides is 1. The highest BCUT2D eigenvalue weighted by Crippen LogP contribution is 2.21. The Labute approximate surface area is 160 Å². The fourth-order valence-corrected chi connectivity index (χ4v) is 2.43. The fourth-order valence-electron chi connectivity index (χ4n) is 2.24. The van der Waals surface area contributed by atoms with E-state index in [4.69, 9.17) is 16.3 Å². The third-order valence-corrected chi connectivity index (χ3v) is 3.78. The van der Waals surface area contributed by atoms with Gasteiger partial charge in [0.25, 0.3) is 5.91 Å². The lowest BCUT2D eigenvalue weighted by molar-refractivity contribution is 0.102. The van der Waals surface area contributed by atoms with E-state index < -0.39 is 5.82 Å². The summed E-state index contributed by atoms with van der Waals surface area (Å²) in [6.07, 6.45) is 1.45. The third kappa shape index (κ3) is 4.92. The number of aromatic nitrogens is 2. The number of hydrogen-bond donors (Lipinski definition) is 2. The van der Waals surface area contributed by atoms with Crippen molar-refractivity contribution in [1.82, 2.24) is 9.97 Å². The van der Waals surface area contributed by atoms with E-state index in [0.717, 1.165) is 5.75 Å². The van der Waals surface area contributed by atoms with Gasteiger partial charge in [0, 0.05) is 17.6 Å². The summed E-state index contributed by atoms with van der Waals surface area (Å²) in [7, 11) is 0. The lowest BCUT2D eigenvalue weighted by Crippen LogP contribution is -2.14. The second-order valence-corrected chi connectivity index (χ2v) is 5.84. The molecule has 0 spiro atoms. The minimum absolute atomic E-state index is 0.0237. The van der Waals surface area contributed by atoms with Gasteiger partial charge in [0.1, 0.15) is 17.3 Å². The van der Waals surface area contributed by atoms with E-state index in [1.54, 1.807) is 24.3 Å². The molecule has 2 N–H and O–H groups in total. The minimum atomic E-state index is -0.522. The molecule has 0 radical (unpaired) electrons. The lowest BCUT2D eigenvalue weighted by Gasteiger charge is -2.09. The molecule has 0 saturated carbocycles. The number of anilines is 3. The van der Waals surface area contributed by atoms with Crippen molar-refractivity contribution < 1.29 is 13.9 Å². The molecule has 8 heteroatoms. The molecular weight excluding hydrogens is 371 g/mol. The van der Waals surface area contributed by atoms with Gasteiger partial charge in [0.2, 0.25) is 5.95 Å². The van der Waals surface area contributed by atoms with Crippen molar-refractivity contribution >= 4 is 34.8 Å². The maximum atomic E-state index is 13.2. The highest BCUT2D eigenvalue weighted by atomic mass is 35.5. The SMILES string of the molecule is CCOc1ccc(NC(=O)c2ccnc(Nc3ccc(F)c(Cl)c3)n2)cc1. The minimum Gasteiger partial charge on any atom is -0.494 e. The summed E-state index contributed by atoms with van der Waals surface area (Å²) in [6.45, 7) is 2.47. The Morgan fingerprint density at radius 3 is 2.59 bits per heavy atom. The molecule has 27 heavy (non-hydrogen) atoms. The number of hydrogen-bond acceptors (Lipinski definition) is 5. The smallest absolute Gasteiger partial charge is 0.274 e. The zero-order valence-electron chi connectivity index (χ0n) is 14.4. The van der Waals surface area contributed by atoms with Crippen LogP contribution in [0.1, 0.15) is 17.4 Å². The van der Waals surface area contributed by atoms with Crippen LogP contribution in [0, 0.1) is 5.82 Å². The van der Waals surface area contributed by atoms with Crippen LogP contribution < -0.4 is 15.4 Å². The predicted octanol–water partition coefficient (Wildman–Crippen LogP) is 4.66. The van der Waals surface area contributed by atoms with Crippen LogP contribution in [0.25, 0.3) is 0 Å². The Bertz CT molecular complexity index is 951. The Balaban J connectivity index is 1.70. The van der Waals surface area contributed by atoms with E-state index in [1.807, 2.05) is 6.92 Å². The first-order chi connectivity index (χ1) is 13.0. The Morgan fingerprint density at radius 2 is 1.89 bits per heavy atom. The normalized spacial score (nSPS) is 10.3. The Hall–Kier alpha value is -3.19. The van der Waals surface area contributed by atoms with Gasteiger partial charge in [-0.05, 0) is 55.5 Å². The zero-order chi connectivity index (χ0) is 19.2. The molecule has 0 atom stereocenters. The van der Waals surface area contributed by atoms with Crippen molar-refractivity contribution in [3.8, 4) is 5.75 Å². The van der Waals surface area contributed by atoms with Crippen LogP contribution in [-0.2, 0) is 0 Å². The van der Waals surface area contributed by atoms with Gasteiger partial charge in [-0.25, -0.2) is 14.4 Å². The van der Waals surface area contributed by atoms with E-state index in [0.29, 0.717) is 18.0 Å². The predicted molar refractivity (Wildman–Crippen MR) is 102 cm³/mol. The second-order valence-electron chi connectivity index (χ2n) is 5.43. The van der Waals surface area contributed by atoms with Gasteiger partial charge >= 0.3 is 0 Å². The number of benzene rings is 2. The summed E-state index contributed by atoms with van der Waals surface area (Å²) in [5, 5.41) is 5.61. The fraction of sp³-hybridized carbons (Fsp3) is 0.105. The van der Waals surface area contributed by atoms with Gasteiger partial charge < -0.3 is 15.4 Å². The summed E-state index contributed by atoms with van der Waals surface area (Å²) < 4.78 is 18.6.